The second-order valence-corrected chi connectivity index (χ2v) is 8.56. The molecule has 0 bridgehead atoms. The molecule has 1 aliphatic carbocycles. The lowest BCUT2D eigenvalue weighted by Crippen LogP contribution is -2.44. The van der Waals surface area contributed by atoms with E-state index in [0.29, 0.717) is 0 Å². The first kappa shape index (κ1) is 22.1. The van der Waals surface area contributed by atoms with Gasteiger partial charge in [0.05, 0.1) is 11.5 Å². The second-order valence-electron chi connectivity index (χ2n) is 8.56. The van der Waals surface area contributed by atoms with Crippen LogP contribution in [0.2, 0.25) is 0 Å². The van der Waals surface area contributed by atoms with E-state index in [1.807, 2.05) is 30.3 Å². The molecule has 0 heterocycles. The predicted molar refractivity (Wildman–Crippen MR) is 114 cm³/mol. The zero-order valence-corrected chi connectivity index (χ0v) is 17.4. The van der Waals surface area contributed by atoms with Crippen LogP contribution in [0.15, 0.2) is 30.3 Å². The highest BCUT2D eigenvalue weighted by molar-refractivity contribution is 5.98. The van der Waals surface area contributed by atoms with E-state index in [9.17, 15) is 9.90 Å². The summed E-state index contributed by atoms with van der Waals surface area (Å²) in [5.41, 5.74) is -0.0249. The second kappa shape index (κ2) is 12.3. The molecule has 2 heteroatoms. The van der Waals surface area contributed by atoms with E-state index < -0.39 is 5.60 Å². The molecule has 0 saturated heterocycles. The Hall–Kier alpha value is -1.15. The van der Waals surface area contributed by atoms with E-state index in [0.717, 1.165) is 44.1 Å². The molecule has 0 amide bonds. The topological polar surface area (TPSA) is 37.3 Å². The first-order valence-electron chi connectivity index (χ1n) is 11.5. The van der Waals surface area contributed by atoms with Gasteiger partial charge in [0.1, 0.15) is 0 Å². The van der Waals surface area contributed by atoms with Crippen LogP contribution in [-0.2, 0) is 0 Å². The molecular weight excluding hydrogens is 332 g/mol. The van der Waals surface area contributed by atoms with Crippen LogP contribution in [0.4, 0.5) is 0 Å². The van der Waals surface area contributed by atoms with E-state index >= 15 is 0 Å². The van der Waals surface area contributed by atoms with Gasteiger partial charge in [-0.15, -0.1) is 0 Å². The van der Waals surface area contributed by atoms with E-state index in [-0.39, 0.29) is 11.7 Å². The summed E-state index contributed by atoms with van der Waals surface area (Å²) < 4.78 is 0. The number of aliphatic hydroxyl groups is 1. The van der Waals surface area contributed by atoms with Crippen molar-refractivity contribution in [2.75, 3.05) is 0 Å². The third-order valence-corrected chi connectivity index (χ3v) is 6.34. The van der Waals surface area contributed by atoms with Gasteiger partial charge in [-0.1, -0.05) is 114 Å². The number of hydrogen-bond donors (Lipinski definition) is 1. The summed E-state index contributed by atoms with van der Waals surface area (Å²) in [6, 6.07) is 9.60. The SMILES string of the molecule is CCCCCCCCCCCC(C(=O)c1ccccc1)C1(O)CCCCC1. The summed E-state index contributed by atoms with van der Waals surface area (Å²) in [5, 5.41) is 11.3. The molecule has 0 aromatic heterocycles. The molecule has 1 aliphatic rings. The molecule has 1 fully saturated rings. The smallest absolute Gasteiger partial charge is 0.168 e. The predicted octanol–water partition coefficient (Wildman–Crippen LogP) is 7.10. The van der Waals surface area contributed by atoms with Crippen LogP contribution in [0.25, 0.3) is 0 Å². The summed E-state index contributed by atoms with van der Waals surface area (Å²) in [4.78, 5) is 13.2. The molecule has 0 aliphatic heterocycles. The van der Waals surface area contributed by atoms with Gasteiger partial charge >= 0.3 is 0 Å². The summed E-state index contributed by atoms with van der Waals surface area (Å²) in [6.45, 7) is 2.26. The van der Waals surface area contributed by atoms with Gasteiger partial charge in [-0.05, 0) is 19.3 Å². The zero-order chi connectivity index (χ0) is 19.4. The Labute approximate surface area is 166 Å². The summed E-state index contributed by atoms with van der Waals surface area (Å²) in [7, 11) is 0. The Bertz CT molecular complexity index is 516. The van der Waals surface area contributed by atoms with Crippen molar-refractivity contribution >= 4 is 5.78 Å². The van der Waals surface area contributed by atoms with Crippen LogP contribution < -0.4 is 0 Å². The fourth-order valence-corrected chi connectivity index (χ4v) is 4.62. The lowest BCUT2D eigenvalue weighted by Gasteiger charge is -2.38. The van der Waals surface area contributed by atoms with Crippen LogP contribution in [0.5, 0.6) is 0 Å². The number of benzene rings is 1. The fraction of sp³-hybridized carbons (Fsp3) is 0.720. The number of ketones is 1. The maximum atomic E-state index is 13.2. The minimum absolute atomic E-state index is 0.152. The molecule has 1 aromatic carbocycles. The van der Waals surface area contributed by atoms with Crippen molar-refractivity contribution in [1.82, 2.24) is 0 Å². The largest absolute Gasteiger partial charge is 0.389 e. The third kappa shape index (κ3) is 7.41. The van der Waals surface area contributed by atoms with Gasteiger partial charge < -0.3 is 5.11 Å². The monoisotopic (exact) mass is 372 g/mol. The minimum Gasteiger partial charge on any atom is -0.389 e. The molecule has 1 atom stereocenters. The van der Waals surface area contributed by atoms with Crippen molar-refractivity contribution in [2.24, 2.45) is 5.92 Å². The van der Waals surface area contributed by atoms with Gasteiger partial charge in [0.2, 0.25) is 0 Å². The Balaban J connectivity index is 1.83. The number of unbranched alkanes of at least 4 members (excludes halogenated alkanes) is 8. The molecular formula is C25H40O2. The van der Waals surface area contributed by atoms with Gasteiger partial charge in [-0.3, -0.25) is 4.79 Å². The van der Waals surface area contributed by atoms with E-state index in [4.69, 9.17) is 0 Å². The van der Waals surface area contributed by atoms with Gasteiger partial charge in [-0.25, -0.2) is 0 Å². The molecule has 1 N–H and O–H groups in total. The minimum atomic E-state index is -0.786. The number of carbonyl (C=O) groups is 1. The first-order valence-corrected chi connectivity index (χ1v) is 11.5. The van der Waals surface area contributed by atoms with Crippen LogP contribution in [0.3, 0.4) is 0 Å². The molecule has 1 aromatic rings. The fourth-order valence-electron chi connectivity index (χ4n) is 4.62. The van der Waals surface area contributed by atoms with Crippen molar-refractivity contribution in [3.8, 4) is 0 Å². The molecule has 1 unspecified atom stereocenters. The van der Waals surface area contributed by atoms with E-state index in [1.165, 1.54) is 57.8 Å². The third-order valence-electron chi connectivity index (χ3n) is 6.34. The van der Waals surface area contributed by atoms with Gasteiger partial charge in [0.25, 0.3) is 0 Å². The first-order chi connectivity index (χ1) is 13.2. The molecule has 152 valence electrons. The number of hydrogen-bond acceptors (Lipinski definition) is 2. The number of carbonyl (C=O) groups excluding carboxylic acids is 1. The maximum Gasteiger partial charge on any atom is 0.168 e. The van der Waals surface area contributed by atoms with Gasteiger partial charge in [0.15, 0.2) is 5.78 Å². The Morgan fingerprint density at radius 1 is 0.889 bits per heavy atom. The van der Waals surface area contributed by atoms with Crippen LogP contribution >= 0.6 is 0 Å². The summed E-state index contributed by atoms with van der Waals surface area (Å²) in [6.07, 6.45) is 17.2. The Kier molecular flexibility index (Phi) is 10.1. The summed E-state index contributed by atoms with van der Waals surface area (Å²) in [5.74, 6) is -0.0793. The normalized spacial score (nSPS) is 17.6. The highest BCUT2D eigenvalue weighted by Gasteiger charge is 2.41. The quantitative estimate of drug-likeness (QED) is 0.296. The lowest BCUT2D eigenvalue weighted by atomic mass is 9.71. The average molecular weight is 373 g/mol. The summed E-state index contributed by atoms with van der Waals surface area (Å²) >= 11 is 0. The van der Waals surface area contributed by atoms with Gasteiger partial charge in [-0.2, -0.15) is 0 Å². The van der Waals surface area contributed by atoms with Crippen molar-refractivity contribution < 1.29 is 9.90 Å². The molecule has 27 heavy (non-hydrogen) atoms. The van der Waals surface area contributed by atoms with Crippen molar-refractivity contribution in [3.05, 3.63) is 35.9 Å². The van der Waals surface area contributed by atoms with E-state index in [1.54, 1.807) is 0 Å². The highest BCUT2D eigenvalue weighted by atomic mass is 16.3. The molecule has 1 saturated carbocycles. The molecule has 0 spiro atoms. The number of rotatable bonds is 13. The maximum absolute atomic E-state index is 13.2. The molecule has 2 rings (SSSR count). The average Bonchev–Trinajstić information content (AvgIpc) is 2.70. The Morgan fingerprint density at radius 2 is 1.44 bits per heavy atom. The zero-order valence-electron chi connectivity index (χ0n) is 17.4. The molecule has 2 nitrogen and oxygen atoms in total. The Morgan fingerprint density at radius 3 is 2.04 bits per heavy atom. The van der Waals surface area contributed by atoms with Crippen LogP contribution in [0.1, 0.15) is 114 Å². The lowest BCUT2D eigenvalue weighted by molar-refractivity contribution is -0.0417. The van der Waals surface area contributed by atoms with Crippen molar-refractivity contribution in [2.45, 2.75) is 109 Å². The highest BCUT2D eigenvalue weighted by Crippen LogP contribution is 2.38. The van der Waals surface area contributed by atoms with Gasteiger partial charge in [0, 0.05) is 5.56 Å². The molecule has 0 radical (unpaired) electrons. The van der Waals surface area contributed by atoms with E-state index in [2.05, 4.69) is 6.92 Å². The van der Waals surface area contributed by atoms with Crippen molar-refractivity contribution in [3.63, 3.8) is 0 Å². The van der Waals surface area contributed by atoms with Crippen molar-refractivity contribution in [1.29, 1.82) is 0 Å². The van der Waals surface area contributed by atoms with Crippen LogP contribution in [0, 0.1) is 5.92 Å². The standard InChI is InChI=1S/C25H40O2/c1-2-3-4-5-6-7-8-9-14-19-23(25(27)20-15-11-16-21-25)24(26)22-17-12-10-13-18-22/h10,12-13,17-18,23,27H,2-9,11,14-16,19-21H2,1H3. The van der Waals surface area contributed by atoms with Crippen LogP contribution in [-0.4, -0.2) is 16.5 Å². The number of Topliss-reactive ketones (excluding diaryl/α,β-unsaturated/α-hetero) is 1.